The lowest BCUT2D eigenvalue weighted by Gasteiger charge is -2.17. The summed E-state index contributed by atoms with van der Waals surface area (Å²) in [5.74, 6) is -1.06. The molecule has 0 spiro atoms. The van der Waals surface area contributed by atoms with E-state index in [-0.39, 0.29) is 6.42 Å². The zero-order chi connectivity index (χ0) is 12.1. The summed E-state index contributed by atoms with van der Waals surface area (Å²) in [4.78, 5) is 23.8. The smallest absolute Gasteiger partial charge is 0.236 e. The third kappa shape index (κ3) is 3.13. The maximum Gasteiger partial charge on any atom is 0.236 e. The Morgan fingerprint density at radius 3 is 2.38 bits per heavy atom. The molecule has 2 amide bonds. The number of carbonyl (C=O) groups is 2. The van der Waals surface area contributed by atoms with Gasteiger partial charge < -0.3 is 10.6 Å². The van der Waals surface area contributed by atoms with E-state index in [0.717, 1.165) is 5.56 Å². The number of carbonyl (C=O) groups excluding carboxylic acids is 2. The molecule has 4 nitrogen and oxygen atoms in total. The van der Waals surface area contributed by atoms with E-state index in [4.69, 9.17) is 18.0 Å². The van der Waals surface area contributed by atoms with Gasteiger partial charge in [-0.15, -0.1) is 0 Å². The van der Waals surface area contributed by atoms with Gasteiger partial charge in [0.2, 0.25) is 11.8 Å². The molecule has 0 heterocycles. The minimum absolute atomic E-state index is 0.330. The van der Waals surface area contributed by atoms with Crippen molar-refractivity contribution in [3.05, 3.63) is 35.9 Å². The fourth-order valence-electron chi connectivity index (χ4n) is 1.16. The summed E-state index contributed by atoms with van der Waals surface area (Å²) in [5, 5.41) is 0. The Balaban J connectivity index is 2.75. The van der Waals surface area contributed by atoms with E-state index in [1.807, 2.05) is 18.2 Å². The number of amides is 2. The van der Waals surface area contributed by atoms with Crippen molar-refractivity contribution in [1.29, 1.82) is 0 Å². The van der Waals surface area contributed by atoms with Crippen molar-refractivity contribution in [3.8, 4) is 0 Å². The van der Waals surface area contributed by atoms with Gasteiger partial charge in [0.15, 0.2) is 0 Å². The molecule has 0 saturated heterocycles. The van der Waals surface area contributed by atoms with Crippen LogP contribution in [0.2, 0.25) is 0 Å². The van der Waals surface area contributed by atoms with Crippen LogP contribution < -0.4 is 5.73 Å². The molecular formula is C11H12N2O2S. The molecule has 16 heavy (non-hydrogen) atoms. The van der Waals surface area contributed by atoms with Gasteiger partial charge in [-0.05, 0) is 0 Å². The Morgan fingerprint density at radius 1 is 1.31 bits per heavy atom. The molecule has 0 aromatic heterocycles. The van der Waals surface area contributed by atoms with Gasteiger partial charge in [-0.1, -0.05) is 42.5 Å². The number of hydrogen-bond acceptors (Lipinski definition) is 3. The molecular weight excluding hydrogens is 224 g/mol. The first kappa shape index (κ1) is 12.3. The van der Waals surface area contributed by atoms with E-state index in [1.165, 1.54) is 11.9 Å². The molecule has 1 aromatic rings. The van der Waals surface area contributed by atoms with Crippen LogP contribution >= 0.6 is 12.2 Å². The second-order valence-corrected chi connectivity index (χ2v) is 3.65. The Labute approximate surface area is 99.0 Å². The average molecular weight is 236 g/mol. The summed E-state index contributed by atoms with van der Waals surface area (Å²) in [6.07, 6.45) is -0.330. The van der Waals surface area contributed by atoms with Crippen molar-refractivity contribution in [2.45, 2.75) is 6.42 Å². The molecule has 0 saturated carbocycles. The lowest BCUT2D eigenvalue weighted by atomic mass is 10.2. The zero-order valence-electron chi connectivity index (χ0n) is 8.84. The molecule has 0 unspecified atom stereocenters. The summed E-state index contributed by atoms with van der Waals surface area (Å²) >= 11 is 5.13. The quantitative estimate of drug-likeness (QED) is 0.620. The number of benzene rings is 1. The Kier molecular flexibility index (Phi) is 4.13. The van der Waals surface area contributed by atoms with Crippen LogP contribution in [-0.2, 0) is 9.59 Å². The first-order chi connectivity index (χ1) is 7.52. The zero-order valence-corrected chi connectivity index (χ0v) is 9.66. The molecule has 1 rings (SSSR count). The van der Waals surface area contributed by atoms with E-state index >= 15 is 0 Å². The molecule has 0 atom stereocenters. The van der Waals surface area contributed by atoms with Gasteiger partial charge in [0.25, 0.3) is 0 Å². The Bertz CT molecular complexity index is 417. The Hall–Kier alpha value is -1.75. The van der Waals surface area contributed by atoms with Gasteiger partial charge in [0.1, 0.15) is 11.4 Å². The fraction of sp³-hybridized carbons (Fsp3) is 0.182. The first-order valence-corrected chi connectivity index (χ1v) is 5.07. The van der Waals surface area contributed by atoms with E-state index < -0.39 is 11.8 Å². The van der Waals surface area contributed by atoms with Crippen molar-refractivity contribution in [2.75, 3.05) is 7.05 Å². The van der Waals surface area contributed by atoms with Crippen LogP contribution in [0.15, 0.2) is 30.3 Å². The van der Waals surface area contributed by atoms with Gasteiger partial charge in [0, 0.05) is 12.6 Å². The van der Waals surface area contributed by atoms with Crippen molar-refractivity contribution in [2.24, 2.45) is 5.73 Å². The highest BCUT2D eigenvalue weighted by Gasteiger charge is 2.16. The minimum Gasteiger partial charge on any atom is -0.369 e. The minimum atomic E-state index is -0.660. The average Bonchev–Trinajstić information content (AvgIpc) is 2.27. The third-order valence-corrected chi connectivity index (χ3v) is 2.53. The number of thiocarbonyl (C=S) groups is 1. The van der Waals surface area contributed by atoms with E-state index in [0.29, 0.717) is 4.99 Å². The van der Waals surface area contributed by atoms with Crippen LogP contribution in [-0.4, -0.2) is 28.8 Å². The van der Waals surface area contributed by atoms with Gasteiger partial charge in [-0.2, -0.15) is 0 Å². The molecule has 0 fully saturated rings. The van der Waals surface area contributed by atoms with Crippen LogP contribution in [0.5, 0.6) is 0 Å². The maximum absolute atomic E-state index is 11.5. The summed E-state index contributed by atoms with van der Waals surface area (Å²) in [6.45, 7) is 0. The summed E-state index contributed by atoms with van der Waals surface area (Å²) in [6, 6.07) is 9.12. The van der Waals surface area contributed by atoms with Crippen LogP contribution in [0.3, 0.4) is 0 Å². The molecule has 0 aliphatic carbocycles. The van der Waals surface area contributed by atoms with Crippen molar-refractivity contribution < 1.29 is 9.59 Å². The van der Waals surface area contributed by atoms with E-state index in [2.05, 4.69) is 0 Å². The first-order valence-electron chi connectivity index (χ1n) is 4.66. The predicted octanol–water partition coefficient (Wildman–Crippen LogP) is 0.696. The van der Waals surface area contributed by atoms with E-state index in [9.17, 15) is 9.59 Å². The Morgan fingerprint density at radius 2 is 1.88 bits per heavy atom. The molecule has 84 valence electrons. The standard InChI is InChI=1S/C11H12N2O2S/c1-13(10(15)7-9(12)14)11(16)8-5-3-2-4-6-8/h2-6H,7H2,1H3,(H2,12,14). The second kappa shape index (κ2) is 5.37. The molecule has 0 aliphatic rings. The molecule has 0 aliphatic heterocycles. The van der Waals surface area contributed by atoms with Crippen molar-refractivity contribution >= 4 is 29.0 Å². The summed E-state index contributed by atoms with van der Waals surface area (Å²) in [5.41, 5.74) is 5.70. The summed E-state index contributed by atoms with van der Waals surface area (Å²) < 4.78 is 0. The fourth-order valence-corrected chi connectivity index (χ4v) is 1.39. The highest BCUT2D eigenvalue weighted by atomic mass is 32.1. The molecule has 1 aromatic carbocycles. The monoisotopic (exact) mass is 236 g/mol. The number of nitrogens with two attached hydrogens (primary N) is 1. The largest absolute Gasteiger partial charge is 0.369 e. The van der Waals surface area contributed by atoms with E-state index in [1.54, 1.807) is 12.1 Å². The van der Waals surface area contributed by atoms with Crippen LogP contribution in [0, 0.1) is 0 Å². The van der Waals surface area contributed by atoms with Crippen LogP contribution in [0.1, 0.15) is 12.0 Å². The second-order valence-electron chi connectivity index (χ2n) is 3.27. The molecule has 0 radical (unpaired) electrons. The van der Waals surface area contributed by atoms with Gasteiger partial charge in [-0.3, -0.25) is 9.59 Å². The van der Waals surface area contributed by atoms with Crippen LogP contribution in [0.4, 0.5) is 0 Å². The highest BCUT2D eigenvalue weighted by molar-refractivity contribution is 7.80. The number of hydrogen-bond donors (Lipinski definition) is 1. The number of rotatable bonds is 3. The van der Waals surface area contributed by atoms with Gasteiger partial charge in [0.05, 0.1) is 0 Å². The van der Waals surface area contributed by atoms with Gasteiger partial charge in [-0.25, -0.2) is 0 Å². The number of primary amides is 1. The maximum atomic E-state index is 11.5. The topological polar surface area (TPSA) is 63.4 Å². The molecule has 0 bridgehead atoms. The SMILES string of the molecule is CN(C(=O)CC(N)=O)C(=S)c1ccccc1. The lowest BCUT2D eigenvalue weighted by Crippen LogP contribution is -2.35. The van der Waals surface area contributed by atoms with Crippen LogP contribution in [0.25, 0.3) is 0 Å². The van der Waals surface area contributed by atoms with Crippen molar-refractivity contribution in [3.63, 3.8) is 0 Å². The predicted molar refractivity (Wildman–Crippen MR) is 64.7 cm³/mol. The van der Waals surface area contributed by atoms with Crippen molar-refractivity contribution in [1.82, 2.24) is 4.90 Å². The number of nitrogens with zero attached hydrogens (tertiary/aromatic N) is 1. The summed E-state index contributed by atoms with van der Waals surface area (Å²) in [7, 11) is 1.53. The molecule has 5 heteroatoms. The normalized spacial score (nSPS) is 9.56. The third-order valence-electron chi connectivity index (χ3n) is 2.02. The molecule has 2 N–H and O–H groups in total. The van der Waals surface area contributed by atoms with Gasteiger partial charge >= 0.3 is 0 Å². The lowest BCUT2D eigenvalue weighted by molar-refractivity contribution is -0.131. The highest BCUT2D eigenvalue weighted by Crippen LogP contribution is 2.05.